The lowest BCUT2D eigenvalue weighted by Gasteiger charge is -2.52. The zero-order valence-corrected chi connectivity index (χ0v) is 8.67. The summed E-state index contributed by atoms with van der Waals surface area (Å²) in [5.74, 6) is 0. The Morgan fingerprint density at radius 3 is 2.62 bits per heavy atom. The van der Waals surface area contributed by atoms with Gasteiger partial charge in [-0.2, -0.15) is 0 Å². The van der Waals surface area contributed by atoms with Crippen LogP contribution in [0, 0.1) is 0 Å². The number of morpholine rings is 1. The number of hydrogen-bond acceptors (Lipinski definition) is 3. The molecule has 0 aromatic heterocycles. The largest absolute Gasteiger partial charge is 0.381 e. The molecule has 2 rings (SSSR count). The molecule has 0 aromatic rings. The van der Waals surface area contributed by atoms with Crippen molar-refractivity contribution in [1.29, 1.82) is 0 Å². The minimum atomic E-state index is 0.0899. The highest BCUT2D eigenvalue weighted by molar-refractivity contribution is 5.02. The summed E-state index contributed by atoms with van der Waals surface area (Å²) >= 11 is 0. The molecule has 13 heavy (non-hydrogen) atoms. The van der Waals surface area contributed by atoms with E-state index in [1.54, 1.807) is 7.11 Å². The van der Waals surface area contributed by atoms with Crippen LogP contribution in [0.15, 0.2) is 0 Å². The van der Waals surface area contributed by atoms with Gasteiger partial charge in [0.1, 0.15) is 0 Å². The standard InChI is InChI=1S/C10H19NO2/c1-7-8(2)13-10(6-11-7)4-9(5-10)12-3/h7-9,11H,4-6H2,1-3H3. The van der Waals surface area contributed by atoms with Gasteiger partial charge in [0.05, 0.1) is 17.8 Å². The first kappa shape index (κ1) is 9.44. The van der Waals surface area contributed by atoms with Crippen molar-refractivity contribution < 1.29 is 9.47 Å². The van der Waals surface area contributed by atoms with Gasteiger partial charge in [0.25, 0.3) is 0 Å². The molecule has 76 valence electrons. The summed E-state index contributed by atoms with van der Waals surface area (Å²) in [6.45, 7) is 5.29. The summed E-state index contributed by atoms with van der Waals surface area (Å²) in [5.41, 5.74) is 0.0899. The van der Waals surface area contributed by atoms with Crippen LogP contribution in [-0.2, 0) is 9.47 Å². The van der Waals surface area contributed by atoms with Crippen molar-refractivity contribution >= 4 is 0 Å². The molecule has 1 spiro atoms. The Kier molecular flexibility index (Phi) is 2.34. The van der Waals surface area contributed by atoms with Gasteiger partial charge < -0.3 is 14.8 Å². The summed E-state index contributed by atoms with van der Waals surface area (Å²) in [5, 5.41) is 3.49. The zero-order chi connectivity index (χ0) is 9.47. The lowest BCUT2D eigenvalue weighted by atomic mass is 9.75. The molecule has 1 heterocycles. The fourth-order valence-electron chi connectivity index (χ4n) is 2.23. The molecule has 2 aliphatic rings. The van der Waals surface area contributed by atoms with E-state index in [1.807, 2.05) is 0 Å². The fourth-order valence-corrected chi connectivity index (χ4v) is 2.23. The van der Waals surface area contributed by atoms with Crippen molar-refractivity contribution in [2.24, 2.45) is 0 Å². The van der Waals surface area contributed by atoms with E-state index in [0.29, 0.717) is 18.2 Å². The van der Waals surface area contributed by atoms with Gasteiger partial charge in [-0.25, -0.2) is 0 Å². The third-order valence-corrected chi connectivity index (χ3v) is 3.42. The Bertz CT molecular complexity index is 184. The molecular formula is C10H19NO2. The molecule has 3 heteroatoms. The molecule has 2 atom stereocenters. The third kappa shape index (κ3) is 1.60. The van der Waals surface area contributed by atoms with E-state index >= 15 is 0 Å². The molecule has 1 aliphatic heterocycles. The van der Waals surface area contributed by atoms with E-state index < -0.39 is 0 Å². The van der Waals surface area contributed by atoms with Crippen molar-refractivity contribution in [1.82, 2.24) is 5.32 Å². The highest BCUT2D eigenvalue weighted by atomic mass is 16.5. The molecule has 0 radical (unpaired) electrons. The third-order valence-electron chi connectivity index (χ3n) is 3.42. The van der Waals surface area contributed by atoms with Gasteiger partial charge >= 0.3 is 0 Å². The van der Waals surface area contributed by atoms with Gasteiger partial charge in [-0.1, -0.05) is 0 Å². The molecule has 1 saturated heterocycles. The van der Waals surface area contributed by atoms with Crippen LogP contribution >= 0.6 is 0 Å². The predicted molar refractivity (Wildman–Crippen MR) is 50.8 cm³/mol. The number of ether oxygens (including phenoxy) is 2. The van der Waals surface area contributed by atoms with Crippen molar-refractivity contribution in [2.75, 3.05) is 13.7 Å². The average Bonchev–Trinajstić information content (AvgIpc) is 2.06. The van der Waals surface area contributed by atoms with Crippen LogP contribution in [0.3, 0.4) is 0 Å². The summed E-state index contributed by atoms with van der Waals surface area (Å²) in [7, 11) is 1.78. The predicted octanol–water partition coefficient (Wildman–Crippen LogP) is 0.931. The van der Waals surface area contributed by atoms with E-state index in [0.717, 1.165) is 19.4 Å². The highest BCUT2D eigenvalue weighted by Gasteiger charge is 2.49. The zero-order valence-electron chi connectivity index (χ0n) is 8.67. The first-order valence-electron chi connectivity index (χ1n) is 5.09. The molecule has 2 fully saturated rings. The fraction of sp³-hybridized carbons (Fsp3) is 1.00. The lowest BCUT2D eigenvalue weighted by Crippen LogP contribution is -2.64. The van der Waals surface area contributed by atoms with Crippen LogP contribution in [0.1, 0.15) is 26.7 Å². The molecular weight excluding hydrogens is 166 g/mol. The lowest BCUT2D eigenvalue weighted by molar-refractivity contribution is -0.207. The second kappa shape index (κ2) is 3.23. The molecule has 2 unspecified atom stereocenters. The summed E-state index contributed by atoms with van der Waals surface area (Å²) in [6, 6.07) is 0.479. The topological polar surface area (TPSA) is 30.5 Å². The van der Waals surface area contributed by atoms with Gasteiger partial charge in [0, 0.05) is 32.5 Å². The maximum absolute atomic E-state index is 6.01. The van der Waals surface area contributed by atoms with Crippen LogP contribution in [0.25, 0.3) is 0 Å². The molecule has 1 N–H and O–H groups in total. The molecule has 0 bridgehead atoms. The monoisotopic (exact) mass is 185 g/mol. The van der Waals surface area contributed by atoms with E-state index in [4.69, 9.17) is 9.47 Å². The maximum Gasteiger partial charge on any atom is 0.0860 e. The Morgan fingerprint density at radius 2 is 2.08 bits per heavy atom. The molecule has 1 saturated carbocycles. The Labute approximate surface area is 79.8 Å². The van der Waals surface area contributed by atoms with Gasteiger partial charge in [-0.15, -0.1) is 0 Å². The van der Waals surface area contributed by atoms with Crippen LogP contribution in [0.2, 0.25) is 0 Å². The highest BCUT2D eigenvalue weighted by Crippen LogP contribution is 2.40. The second-order valence-corrected chi connectivity index (χ2v) is 4.44. The normalized spacial score (nSPS) is 50.5. The van der Waals surface area contributed by atoms with E-state index in [-0.39, 0.29) is 5.60 Å². The van der Waals surface area contributed by atoms with Gasteiger partial charge in [0.2, 0.25) is 0 Å². The Balaban J connectivity index is 1.89. The minimum absolute atomic E-state index is 0.0899. The van der Waals surface area contributed by atoms with Gasteiger partial charge in [0.15, 0.2) is 0 Å². The SMILES string of the molecule is COC1CC2(CNC(C)C(C)O2)C1. The van der Waals surface area contributed by atoms with E-state index in [2.05, 4.69) is 19.2 Å². The second-order valence-electron chi connectivity index (χ2n) is 4.44. The van der Waals surface area contributed by atoms with E-state index in [9.17, 15) is 0 Å². The molecule has 1 aliphatic carbocycles. The van der Waals surface area contributed by atoms with E-state index in [1.165, 1.54) is 0 Å². The first-order valence-corrected chi connectivity index (χ1v) is 5.09. The van der Waals surface area contributed by atoms with Crippen molar-refractivity contribution in [3.63, 3.8) is 0 Å². The van der Waals surface area contributed by atoms with Crippen molar-refractivity contribution in [3.05, 3.63) is 0 Å². The van der Waals surface area contributed by atoms with Gasteiger partial charge in [-0.05, 0) is 13.8 Å². The maximum atomic E-state index is 6.01. The van der Waals surface area contributed by atoms with Crippen LogP contribution in [-0.4, -0.2) is 37.5 Å². The first-order chi connectivity index (χ1) is 6.15. The number of nitrogens with one attached hydrogen (secondary N) is 1. The Morgan fingerprint density at radius 1 is 1.38 bits per heavy atom. The summed E-state index contributed by atoms with van der Waals surface area (Å²) in [4.78, 5) is 0. The number of methoxy groups -OCH3 is 1. The molecule has 3 nitrogen and oxygen atoms in total. The minimum Gasteiger partial charge on any atom is -0.381 e. The number of hydrogen-bond donors (Lipinski definition) is 1. The number of rotatable bonds is 1. The average molecular weight is 185 g/mol. The van der Waals surface area contributed by atoms with Gasteiger partial charge in [-0.3, -0.25) is 0 Å². The Hall–Kier alpha value is -0.120. The quantitative estimate of drug-likeness (QED) is 0.659. The van der Waals surface area contributed by atoms with Crippen LogP contribution < -0.4 is 5.32 Å². The smallest absolute Gasteiger partial charge is 0.0860 e. The van der Waals surface area contributed by atoms with Crippen molar-refractivity contribution in [3.8, 4) is 0 Å². The summed E-state index contributed by atoms with van der Waals surface area (Å²) in [6.07, 6.45) is 2.84. The van der Waals surface area contributed by atoms with Crippen LogP contribution in [0.5, 0.6) is 0 Å². The van der Waals surface area contributed by atoms with Crippen LogP contribution in [0.4, 0.5) is 0 Å². The van der Waals surface area contributed by atoms with Crippen molar-refractivity contribution in [2.45, 2.75) is 50.5 Å². The molecule has 0 aromatic carbocycles. The molecule has 0 amide bonds. The summed E-state index contributed by atoms with van der Waals surface area (Å²) < 4.78 is 11.3.